The first kappa shape index (κ1) is 19.3. The molecule has 4 aromatic rings. The molecule has 0 aliphatic heterocycles. The summed E-state index contributed by atoms with van der Waals surface area (Å²) in [5.41, 5.74) is 2.70. The Labute approximate surface area is 171 Å². The summed E-state index contributed by atoms with van der Waals surface area (Å²) in [7, 11) is 0. The second kappa shape index (κ2) is 8.16. The van der Waals surface area contributed by atoms with E-state index in [4.69, 9.17) is 14.3 Å². The lowest BCUT2D eigenvalue weighted by Gasteiger charge is -2.10. The molecule has 0 fully saturated rings. The number of nitrogens with one attached hydrogen (secondary N) is 1. The lowest BCUT2D eigenvalue weighted by Crippen LogP contribution is -2.35. The smallest absolute Gasteiger partial charge is 0.404 e. The highest BCUT2D eigenvalue weighted by molar-refractivity contribution is 5.77. The fourth-order valence-corrected chi connectivity index (χ4v) is 3.00. The first-order valence-corrected chi connectivity index (χ1v) is 9.32. The summed E-state index contributed by atoms with van der Waals surface area (Å²) in [5, 5.41) is 25.3. The number of amides is 1. The quantitative estimate of drug-likeness (QED) is 0.428. The molecule has 4 rings (SSSR count). The van der Waals surface area contributed by atoms with Crippen LogP contribution in [0.15, 0.2) is 59.0 Å². The molecule has 9 nitrogen and oxygen atoms in total. The molecule has 0 aliphatic rings. The van der Waals surface area contributed by atoms with E-state index < -0.39 is 12.1 Å². The van der Waals surface area contributed by atoms with Gasteiger partial charge in [-0.15, -0.1) is 5.10 Å². The zero-order valence-electron chi connectivity index (χ0n) is 16.1. The van der Waals surface area contributed by atoms with E-state index in [-0.39, 0.29) is 12.4 Å². The van der Waals surface area contributed by atoms with Crippen molar-refractivity contribution in [3.8, 4) is 23.2 Å². The third-order valence-electron chi connectivity index (χ3n) is 4.37. The zero-order valence-corrected chi connectivity index (χ0v) is 16.1. The van der Waals surface area contributed by atoms with Gasteiger partial charge < -0.3 is 24.7 Å². The van der Waals surface area contributed by atoms with E-state index in [1.54, 1.807) is 23.7 Å². The molecule has 154 valence electrons. The number of phenols is 1. The van der Waals surface area contributed by atoms with Crippen LogP contribution in [0, 0.1) is 0 Å². The maximum Gasteiger partial charge on any atom is 0.404 e. The average Bonchev–Trinajstić information content (AvgIpc) is 3.30. The van der Waals surface area contributed by atoms with Crippen molar-refractivity contribution in [3.05, 3.63) is 60.2 Å². The highest BCUT2D eigenvalue weighted by atomic mass is 16.5. The van der Waals surface area contributed by atoms with Gasteiger partial charge in [-0.05, 0) is 24.6 Å². The van der Waals surface area contributed by atoms with Crippen LogP contribution < -0.4 is 10.1 Å². The van der Waals surface area contributed by atoms with Crippen molar-refractivity contribution in [3.63, 3.8) is 0 Å². The zero-order chi connectivity index (χ0) is 21.1. The molecule has 1 amide bonds. The van der Waals surface area contributed by atoms with E-state index in [1.165, 1.54) is 12.1 Å². The first-order chi connectivity index (χ1) is 14.5. The summed E-state index contributed by atoms with van der Waals surface area (Å²) >= 11 is 0. The highest BCUT2D eigenvalue weighted by Gasteiger charge is 2.18. The van der Waals surface area contributed by atoms with Crippen molar-refractivity contribution in [2.75, 3.05) is 6.61 Å². The minimum Gasteiger partial charge on any atom is -0.508 e. The van der Waals surface area contributed by atoms with Crippen molar-refractivity contribution in [1.82, 2.24) is 20.1 Å². The number of oxazole rings is 1. The molecule has 2 aromatic carbocycles. The predicted molar refractivity (Wildman–Crippen MR) is 109 cm³/mol. The lowest BCUT2D eigenvalue weighted by molar-refractivity contribution is 0.182. The van der Waals surface area contributed by atoms with E-state index in [0.29, 0.717) is 35.1 Å². The number of phenolic OH excluding ortho intramolecular Hbond substituents is 1. The number of aromatic hydroxyl groups is 1. The number of carbonyl (C=O) groups is 1. The average molecular weight is 408 g/mol. The standard InChI is InChI=1S/C21H20N4O5/c1-13(22-21(27)28)12-29-19-10-17(25(24-19)11-14-5-3-2-4-6-14)20-23-16-9-15(26)7-8-18(16)30-20/h2-10,13,22,26H,11-12H2,1H3,(H,27,28)/t13-/m0/s1. The minimum absolute atomic E-state index is 0.101. The fraction of sp³-hybridized carbons (Fsp3) is 0.190. The number of benzene rings is 2. The molecule has 2 aromatic heterocycles. The Kier molecular flexibility index (Phi) is 5.25. The molecule has 0 saturated carbocycles. The SMILES string of the molecule is C[C@@H](COc1cc(-c2nc3cc(O)ccc3o2)n(Cc2ccccc2)n1)NC(=O)O. The number of fused-ring (bicyclic) bond motifs is 1. The van der Waals surface area contributed by atoms with Crippen LogP contribution in [0.25, 0.3) is 22.7 Å². The molecular weight excluding hydrogens is 388 g/mol. The van der Waals surface area contributed by atoms with E-state index >= 15 is 0 Å². The molecule has 0 aliphatic carbocycles. The molecule has 0 spiro atoms. The predicted octanol–water partition coefficient (Wildman–Crippen LogP) is 3.48. The van der Waals surface area contributed by atoms with Crippen LogP contribution in [0.1, 0.15) is 12.5 Å². The summed E-state index contributed by atoms with van der Waals surface area (Å²) in [5.74, 6) is 0.764. The first-order valence-electron chi connectivity index (χ1n) is 9.32. The largest absolute Gasteiger partial charge is 0.508 e. The van der Waals surface area contributed by atoms with Gasteiger partial charge in [0.1, 0.15) is 23.6 Å². The van der Waals surface area contributed by atoms with Gasteiger partial charge in [-0.25, -0.2) is 9.78 Å². The number of aromatic nitrogens is 3. The van der Waals surface area contributed by atoms with Crippen molar-refractivity contribution < 1.29 is 24.2 Å². The van der Waals surface area contributed by atoms with Crippen LogP contribution in [0.3, 0.4) is 0 Å². The number of hydrogen-bond donors (Lipinski definition) is 3. The van der Waals surface area contributed by atoms with Gasteiger partial charge in [0.05, 0.1) is 12.6 Å². The molecule has 3 N–H and O–H groups in total. The highest BCUT2D eigenvalue weighted by Crippen LogP contribution is 2.29. The van der Waals surface area contributed by atoms with Crippen molar-refractivity contribution >= 4 is 17.2 Å². The van der Waals surface area contributed by atoms with E-state index in [0.717, 1.165) is 5.56 Å². The molecule has 30 heavy (non-hydrogen) atoms. The normalized spacial score (nSPS) is 12.0. The molecular formula is C21H20N4O5. The van der Waals surface area contributed by atoms with Gasteiger partial charge in [0.15, 0.2) is 5.58 Å². The molecule has 0 unspecified atom stereocenters. The molecule has 9 heteroatoms. The van der Waals surface area contributed by atoms with Gasteiger partial charge in [0, 0.05) is 12.1 Å². The van der Waals surface area contributed by atoms with Crippen LogP contribution in [0.5, 0.6) is 11.6 Å². The second-order valence-corrected chi connectivity index (χ2v) is 6.84. The van der Waals surface area contributed by atoms with Gasteiger partial charge in [-0.1, -0.05) is 30.3 Å². The number of carboxylic acid groups (broad SMARTS) is 1. The Balaban J connectivity index is 1.65. The number of rotatable bonds is 7. The fourth-order valence-electron chi connectivity index (χ4n) is 3.00. The van der Waals surface area contributed by atoms with E-state index in [9.17, 15) is 9.90 Å². The molecule has 0 bridgehead atoms. The summed E-state index contributed by atoms with van der Waals surface area (Å²) in [6, 6.07) is 15.8. The Bertz CT molecular complexity index is 1170. The van der Waals surface area contributed by atoms with Crippen molar-refractivity contribution in [2.24, 2.45) is 0 Å². The number of nitrogens with zero attached hydrogens (tertiary/aromatic N) is 3. The Morgan fingerprint density at radius 3 is 2.80 bits per heavy atom. The van der Waals surface area contributed by atoms with Crippen LogP contribution >= 0.6 is 0 Å². The second-order valence-electron chi connectivity index (χ2n) is 6.84. The topological polar surface area (TPSA) is 123 Å². The van der Waals surface area contributed by atoms with Crippen molar-refractivity contribution in [1.29, 1.82) is 0 Å². The van der Waals surface area contributed by atoms with Crippen LogP contribution in [0.4, 0.5) is 4.79 Å². The monoisotopic (exact) mass is 408 g/mol. The van der Waals surface area contributed by atoms with Crippen molar-refractivity contribution in [2.45, 2.75) is 19.5 Å². The number of hydrogen-bond acceptors (Lipinski definition) is 6. The van der Waals surface area contributed by atoms with E-state index in [2.05, 4.69) is 15.4 Å². The number of ether oxygens (including phenoxy) is 1. The van der Waals surface area contributed by atoms with Gasteiger partial charge in [0.25, 0.3) is 0 Å². The minimum atomic E-state index is -1.11. The maximum absolute atomic E-state index is 10.8. The summed E-state index contributed by atoms with van der Waals surface area (Å²) in [6.45, 7) is 2.28. The van der Waals surface area contributed by atoms with E-state index in [1.807, 2.05) is 30.3 Å². The molecule has 1 atom stereocenters. The van der Waals surface area contributed by atoms with Crippen LogP contribution in [-0.4, -0.2) is 43.7 Å². The third-order valence-corrected chi connectivity index (χ3v) is 4.37. The van der Waals surface area contributed by atoms with Crippen LogP contribution in [0.2, 0.25) is 0 Å². The Morgan fingerprint density at radius 2 is 2.03 bits per heavy atom. The molecule has 0 saturated heterocycles. The molecule has 0 radical (unpaired) electrons. The van der Waals surface area contributed by atoms with Crippen LogP contribution in [-0.2, 0) is 6.54 Å². The van der Waals surface area contributed by atoms with Gasteiger partial charge >= 0.3 is 6.09 Å². The summed E-state index contributed by atoms with van der Waals surface area (Å²) in [4.78, 5) is 15.2. The lowest BCUT2D eigenvalue weighted by atomic mass is 10.2. The third kappa shape index (κ3) is 4.35. The van der Waals surface area contributed by atoms with Gasteiger partial charge in [0.2, 0.25) is 11.8 Å². The van der Waals surface area contributed by atoms with Gasteiger partial charge in [-0.3, -0.25) is 4.68 Å². The Morgan fingerprint density at radius 1 is 1.23 bits per heavy atom. The van der Waals surface area contributed by atoms with Gasteiger partial charge in [-0.2, -0.15) is 0 Å². The summed E-state index contributed by atoms with van der Waals surface area (Å²) < 4.78 is 13.2. The Hall–Kier alpha value is -4.01. The molecule has 2 heterocycles. The maximum atomic E-state index is 10.8. The summed E-state index contributed by atoms with van der Waals surface area (Å²) in [6.07, 6.45) is -1.11.